The number of hydrogen-bond acceptors (Lipinski definition) is 3. The topological polar surface area (TPSA) is 67.2 Å². The Labute approximate surface area is 121 Å². The second kappa shape index (κ2) is 5.73. The molecular formula is C16H25N3O. The molecule has 1 aliphatic rings. The molecule has 1 atom stereocenters. The molecule has 1 amide bonds. The zero-order valence-electron chi connectivity index (χ0n) is 12.6. The summed E-state index contributed by atoms with van der Waals surface area (Å²) in [5.74, 6) is -0.0544. The van der Waals surface area contributed by atoms with Gasteiger partial charge in [0.1, 0.15) is 0 Å². The summed E-state index contributed by atoms with van der Waals surface area (Å²) in [7, 11) is 0. The van der Waals surface area contributed by atoms with Gasteiger partial charge in [-0.25, -0.2) is 0 Å². The van der Waals surface area contributed by atoms with Gasteiger partial charge in [-0.2, -0.15) is 0 Å². The number of amides is 1. The van der Waals surface area contributed by atoms with E-state index >= 15 is 0 Å². The number of rotatable bonds is 4. The van der Waals surface area contributed by atoms with Gasteiger partial charge >= 0.3 is 0 Å². The Balaban J connectivity index is 2.19. The van der Waals surface area contributed by atoms with Crippen molar-refractivity contribution in [2.24, 2.45) is 5.41 Å². The van der Waals surface area contributed by atoms with Crippen LogP contribution in [0, 0.1) is 5.41 Å². The van der Waals surface area contributed by atoms with E-state index in [0.29, 0.717) is 23.8 Å². The third-order valence-electron chi connectivity index (χ3n) is 4.24. The predicted octanol–water partition coefficient (Wildman–Crippen LogP) is 3.01. The van der Waals surface area contributed by atoms with Crippen LogP contribution in [-0.2, 0) is 0 Å². The maximum absolute atomic E-state index is 11.9. The molecule has 4 heteroatoms. The second-order valence-corrected chi connectivity index (χ2v) is 6.24. The van der Waals surface area contributed by atoms with Crippen molar-refractivity contribution in [1.29, 1.82) is 0 Å². The summed E-state index contributed by atoms with van der Waals surface area (Å²) in [4.78, 5) is 11.9. The third-order valence-corrected chi connectivity index (χ3v) is 4.24. The van der Waals surface area contributed by atoms with Crippen LogP contribution < -0.4 is 16.4 Å². The first kappa shape index (κ1) is 14.7. The van der Waals surface area contributed by atoms with Crippen LogP contribution in [0.4, 0.5) is 11.4 Å². The first-order chi connectivity index (χ1) is 9.44. The molecule has 4 nitrogen and oxygen atoms in total. The number of hydrogen-bond donors (Lipinski definition) is 3. The van der Waals surface area contributed by atoms with Crippen LogP contribution in [-0.4, -0.2) is 18.5 Å². The maximum Gasteiger partial charge on any atom is 0.251 e. The molecular weight excluding hydrogens is 250 g/mol. The summed E-state index contributed by atoms with van der Waals surface area (Å²) >= 11 is 0. The summed E-state index contributed by atoms with van der Waals surface area (Å²) in [6.45, 7) is 7.10. The van der Waals surface area contributed by atoms with E-state index in [2.05, 4.69) is 24.5 Å². The quantitative estimate of drug-likeness (QED) is 0.740. The molecule has 1 aliphatic carbocycles. The summed E-state index contributed by atoms with van der Waals surface area (Å²) in [6.07, 6.45) is 3.61. The third kappa shape index (κ3) is 3.06. The summed E-state index contributed by atoms with van der Waals surface area (Å²) in [6, 6.07) is 5.84. The number of benzene rings is 1. The molecule has 1 fully saturated rings. The van der Waals surface area contributed by atoms with Gasteiger partial charge in [-0.1, -0.05) is 20.3 Å². The predicted molar refractivity (Wildman–Crippen MR) is 83.9 cm³/mol. The maximum atomic E-state index is 11.9. The van der Waals surface area contributed by atoms with Crippen molar-refractivity contribution < 1.29 is 4.79 Å². The highest BCUT2D eigenvalue weighted by molar-refractivity contribution is 5.96. The lowest BCUT2D eigenvalue weighted by molar-refractivity contribution is 0.0956. The molecule has 1 saturated carbocycles. The fourth-order valence-corrected chi connectivity index (χ4v) is 2.87. The van der Waals surface area contributed by atoms with Crippen LogP contribution in [0.3, 0.4) is 0 Å². The Morgan fingerprint density at radius 1 is 1.45 bits per heavy atom. The Morgan fingerprint density at radius 3 is 2.80 bits per heavy atom. The van der Waals surface area contributed by atoms with Crippen LogP contribution in [0.5, 0.6) is 0 Å². The van der Waals surface area contributed by atoms with Crippen molar-refractivity contribution in [2.45, 2.75) is 46.1 Å². The van der Waals surface area contributed by atoms with Crippen LogP contribution >= 0.6 is 0 Å². The van der Waals surface area contributed by atoms with E-state index in [1.165, 1.54) is 12.8 Å². The molecule has 2 rings (SSSR count). The SMILES string of the molecule is CCNC(=O)c1ccc(N)c(NC2CCCC2(C)C)c1. The van der Waals surface area contributed by atoms with E-state index in [1.54, 1.807) is 12.1 Å². The van der Waals surface area contributed by atoms with Gasteiger partial charge in [0.05, 0.1) is 11.4 Å². The molecule has 4 N–H and O–H groups in total. The van der Waals surface area contributed by atoms with Crippen LogP contribution in [0.25, 0.3) is 0 Å². The molecule has 0 aliphatic heterocycles. The van der Waals surface area contributed by atoms with Gasteiger partial charge in [0.15, 0.2) is 0 Å². The van der Waals surface area contributed by atoms with Gasteiger partial charge in [0.2, 0.25) is 0 Å². The van der Waals surface area contributed by atoms with Gasteiger partial charge in [-0.3, -0.25) is 4.79 Å². The molecule has 1 aromatic rings. The molecule has 0 bridgehead atoms. The van der Waals surface area contributed by atoms with E-state index in [0.717, 1.165) is 12.1 Å². The van der Waals surface area contributed by atoms with Crippen LogP contribution in [0.15, 0.2) is 18.2 Å². The van der Waals surface area contributed by atoms with E-state index in [4.69, 9.17) is 5.73 Å². The number of anilines is 2. The van der Waals surface area contributed by atoms with Gasteiger partial charge in [-0.05, 0) is 43.4 Å². The average molecular weight is 275 g/mol. The van der Waals surface area contributed by atoms with Crippen molar-refractivity contribution in [3.05, 3.63) is 23.8 Å². The van der Waals surface area contributed by atoms with Crippen LogP contribution in [0.2, 0.25) is 0 Å². The summed E-state index contributed by atoms with van der Waals surface area (Å²) in [5, 5.41) is 6.34. The molecule has 1 unspecified atom stereocenters. The number of nitrogens with one attached hydrogen (secondary N) is 2. The normalized spacial score (nSPS) is 20.6. The molecule has 0 heterocycles. The van der Waals surface area contributed by atoms with Crippen molar-refractivity contribution in [3.63, 3.8) is 0 Å². The first-order valence-electron chi connectivity index (χ1n) is 7.38. The van der Waals surface area contributed by atoms with E-state index in [1.807, 2.05) is 13.0 Å². The van der Waals surface area contributed by atoms with Crippen molar-refractivity contribution in [1.82, 2.24) is 5.32 Å². The first-order valence-corrected chi connectivity index (χ1v) is 7.38. The standard InChI is InChI=1S/C16H25N3O/c1-4-18-15(20)11-7-8-12(17)13(10-11)19-14-6-5-9-16(14,2)3/h7-8,10,14,19H,4-6,9,17H2,1-3H3,(H,18,20). The zero-order chi connectivity index (χ0) is 14.8. The Morgan fingerprint density at radius 2 is 2.20 bits per heavy atom. The largest absolute Gasteiger partial charge is 0.397 e. The highest BCUT2D eigenvalue weighted by atomic mass is 16.1. The van der Waals surface area contributed by atoms with Gasteiger partial charge in [0.25, 0.3) is 5.91 Å². The van der Waals surface area contributed by atoms with E-state index < -0.39 is 0 Å². The number of carbonyl (C=O) groups excluding carboxylic acids is 1. The number of nitrogen functional groups attached to an aromatic ring is 1. The molecule has 0 spiro atoms. The molecule has 0 radical (unpaired) electrons. The average Bonchev–Trinajstić information content (AvgIpc) is 2.71. The Bertz CT molecular complexity index is 496. The smallest absolute Gasteiger partial charge is 0.251 e. The molecule has 0 aromatic heterocycles. The molecule has 0 saturated heterocycles. The lowest BCUT2D eigenvalue weighted by atomic mass is 9.87. The van der Waals surface area contributed by atoms with Gasteiger partial charge < -0.3 is 16.4 Å². The molecule has 110 valence electrons. The lowest BCUT2D eigenvalue weighted by Crippen LogP contribution is -2.31. The summed E-state index contributed by atoms with van der Waals surface area (Å²) in [5.41, 5.74) is 8.52. The second-order valence-electron chi connectivity index (χ2n) is 6.24. The Hall–Kier alpha value is -1.71. The van der Waals surface area contributed by atoms with Crippen molar-refractivity contribution in [3.8, 4) is 0 Å². The Kier molecular flexibility index (Phi) is 4.21. The zero-order valence-corrected chi connectivity index (χ0v) is 12.6. The minimum Gasteiger partial charge on any atom is -0.397 e. The fourth-order valence-electron chi connectivity index (χ4n) is 2.87. The fraction of sp³-hybridized carbons (Fsp3) is 0.562. The van der Waals surface area contributed by atoms with E-state index in [-0.39, 0.29) is 11.3 Å². The summed E-state index contributed by atoms with van der Waals surface area (Å²) < 4.78 is 0. The lowest BCUT2D eigenvalue weighted by Gasteiger charge is -2.29. The number of nitrogens with two attached hydrogens (primary N) is 1. The van der Waals surface area contributed by atoms with Gasteiger partial charge in [-0.15, -0.1) is 0 Å². The molecule has 20 heavy (non-hydrogen) atoms. The highest BCUT2D eigenvalue weighted by Crippen LogP contribution is 2.39. The van der Waals surface area contributed by atoms with Gasteiger partial charge in [0, 0.05) is 18.2 Å². The number of carbonyl (C=O) groups is 1. The molecule has 1 aromatic carbocycles. The minimum atomic E-state index is -0.0544. The van der Waals surface area contributed by atoms with Crippen molar-refractivity contribution in [2.75, 3.05) is 17.6 Å². The van der Waals surface area contributed by atoms with Crippen molar-refractivity contribution >= 4 is 17.3 Å². The minimum absolute atomic E-state index is 0.0544. The van der Waals surface area contributed by atoms with E-state index in [9.17, 15) is 4.79 Å². The monoisotopic (exact) mass is 275 g/mol. The van der Waals surface area contributed by atoms with Crippen LogP contribution in [0.1, 0.15) is 50.4 Å². The highest BCUT2D eigenvalue weighted by Gasteiger charge is 2.34.